The Bertz CT molecular complexity index is 810. The van der Waals surface area contributed by atoms with Crippen molar-refractivity contribution in [3.8, 4) is 0 Å². The van der Waals surface area contributed by atoms with E-state index in [9.17, 15) is 19.8 Å². The van der Waals surface area contributed by atoms with Crippen LogP contribution in [0, 0.1) is 39.9 Å². The normalized spacial score (nSPS) is 54.6. The minimum Gasteiger partial charge on any atom is -0.462 e. The average Bonchev–Trinajstić information content (AvgIpc) is 3.00. The van der Waals surface area contributed by atoms with E-state index in [0.717, 1.165) is 51.4 Å². The molecule has 5 fully saturated rings. The Kier molecular flexibility index (Phi) is 5.19. The molecule has 5 saturated carbocycles. The smallest absolute Gasteiger partial charge is 0.302 e. The molecule has 0 saturated heterocycles. The lowest BCUT2D eigenvalue weighted by Gasteiger charge is -2.66. The third-order valence-electron chi connectivity index (χ3n) is 11.8. The van der Waals surface area contributed by atoms with Gasteiger partial charge in [-0.05, 0) is 87.4 Å². The molecule has 0 unspecified atom stereocenters. The molecule has 0 spiro atoms. The summed E-state index contributed by atoms with van der Waals surface area (Å²) in [5.74, 6) is 1.69. The van der Waals surface area contributed by atoms with E-state index in [1.54, 1.807) is 0 Å². The van der Waals surface area contributed by atoms with Crippen LogP contribution in [0.5, 0.6) is 0 Å². The zero-order valence-corrected chi connectivity index (χ0v) is 20.4. The second-order valence-corrected chi connectivity index (χ2v) is 12.6. The van der Waals surface area contributed by atoms with E-state index < -0.39 is 11.7 Å². The maximum Gasteiger partial charge on any atom is 0.302 e. The number of hydrogen-bond donors (Lipinski definition) is 2. The average molecular weight is 447 g/mol. The second kappa shape index (κ2) is 7.28. The number of esters is 1. The third-order valence-corrected chi connectivity index (χ3v) is 11.8. The van der Waals surface area contributed by atoms with Crippen LogP contribution in [0.3, 0.4) is 0 Å². The van der Waals surface area contributed by atoms with Gasteiger partial charge in [0.25, 0.3) is 0 Å². The molecule has 32 heavy (non-hydrogen) atoms. The molecule has 0 heterocycles. The number of hydrogen-bond acceptors (Lipinski definition) is 5. The molecular weight excluding hydrogens is 404 g/mol. The number of Topliss-reactive ketones (excluding diaryl/α,β-unsaturated/α-hetero) is 1. The van der Waals surface area contributed by atoms with Crippen LogP contribution < -0.4 is 0 Å². The van der Waals surface area contributed by atoms with Gasteiger partial charge in [-0.1, -0.05) is 26.7 Å². The highest BCUT2D eigenvalue weighted by molar-refractivity contribution is 5.84. The fraction of sp³-hybridized carbons (Fsp3) is 0.926. The van der Waals surface area contributed by atoms with E-state index >= 15 is 0 Å². The number of carbonyl (C=O) groups is 2. The molecule has 5 heteroatoms. The van der Waals surface area contributed by atoms with Gasteiger partial charge in [0.05, 0.1) is 11.7 Å². The Morgan fingerprint density at radius 1 is 0.906 bits per heavy atom. The first-order valence-electron chi connectivity index (χ1n) is 13.1. The van der Waals surface area contributed by atoms with E-state index in [-0.39, 0.29) is 28.3 Å². The van der Waals surface area contributed by atoms with Crippen LogP contribution in [-0.4, -0.2) is 39.8 Å². The van der Waals surface area contributed by atoms with Crippen molar-refractivity contribution in [2.45, 2.75) is 116 Å². The van der Waals surface area contributed by atoms with Gasteiger partial charge in [-0.25, -0.2) is 0 Å². The molecule has 0 aromatic carbocycles. The lowest BCUT2D eigenvalue weighted by molar-refractivity contribution is -0.267. The van der Waals surface area contributed by atoms with Crippen LogP contribution in [0.4, 0.5) is 0 Å². The summed E-state index contributed by atoms with van der Waals surface area (Å²) in [4.78, 5) is 24.8. The third kappa shape index (κ3) is 2.70. The highest BCUT2D eigenvalue weighted by Crippen LogP contribution is 2.74. The predicted octanol–water partition coefficient (Wildman–Crippen LogP) is 4.42. The molecule has 5 aliphatic carbocycles. The van der Waals surface area contributed by atoms with Crippen LogP contribution in [0.2, 0.25) is 0 Å². The van der Waals surface area contributed by atoms with Gasteiger partial charge < -0.3 is 14.9 Å². The minimum absolute atomic E-state index is 0.00552. The molecule has 5 rings (SSSR count). The monoisotopic (exact) mass is 446 g/mol. The Hall–Kier alpha value is -0.940. The van der Waals surface area contributed by atoms with Crippen LogP contribution in [0.1, 0.15) is 98.3 Å². The van der Waals surface area contributed by atoms with Gasteiger partial charge in [0, 0.05) is 24.2 Å². The quantitative estimate of drug-likeness (QED) is 0.614. The molecule has 5 nitrogen and oxygen atoms in total. The summed E-state index contributed by atoms with van der Waals surface area (Å²) >= 11 is 0. The summed E-state index contributed by atoms with van der Waals surface area (Å²) in [7, 11) is 0. The molecule has 5 aliphatic rings. The number of aliphatic hydroxyl groups is 2. The van der Waals surface area contributed by atoms with Gasteiger partial charge in [0.1, 0.15) is 11.9 Å². The van der Waals surface area contributed by atoms with Crippen LogP contribution in [-0.2, 0) is 14.3 Å². The van der Waals surface area contributed by atoms with Gasteiger partial charge in [0.2, 0.25) is 0 Å². The molecule has 2 N–H and O–H groups in total. The number of fused-ring (bicyclic) bond motifs is 7. The minimum atomic E-state index is -1.22. The maximum atomic E-state index is 13.2. The standard InChI is InChI=1S/C27H42O5/c1-16(28)26-10-6-5-7-18(26)13-22-20-14-23(30)27(31)15-19(32-17(2)29)8-11-25(27,4)21(20)9-12-24(22,26)3/h18-23,30-31H,5-15H2,1-4H3/t18-,19+,20+,21+,22+,23+,24+,25+,26+,27-/m0/s1. The fourth-order valence-corrected chi connectivity index (χ4v) is 10.4. The van der Waals surface area contributed by atoms with Crippen molar-refractivity contribution in [2.24, 2.45) is 39.9 Å². The van der Waals surface area contributed by atoms with Crippen molar-refractivity contribution >= 4 is 11.8 Å². The number of ketones is 1. The van der Waals surface area contributed by atoms with Crippen molar-refractivity contribution in [1.82, 2.24) is 0 Å². The molecule has 0 aromatic heterocycles. The van der Waals surface area contributed by atoms with Gasteiger partial charge in [-0.3, -0.25) is 9.59 Å². The van der Waals surface area contributed by atoms with Crippen LogP contribution in [0.25, 0.3) is 0 Å². The fourth-order valence-electron chi connectivity index (χ4n) is 10.4. The Morgan fingerprint density at radius 2 is 1.62 bits per heavy atom. The summed E-state index contributed by atoms with van der Waals surface area (Å²) in [6.45, 7) is 7.83. The van der Waals surface area contributed by atoms with Crippen molar-refractivity contribution in [3.05, 3.63) is 0 Å². The summed E-state index contributed by atoms with van der Waals surface area (Å²) in [6, 6.07) is 0. The van der Waals surface area contributed by atoms with E-state index in [0.29, 0.717) is 42.3 Å². The Labute approximate surface area is 192 Å². The molecular formula is C27H42O5. The highest BCUT2D eigenvalue weighted by atomic mass is 16.5. The zero-order valence-electron chi connectivity index (χ0n) is 20.4. The first-order valence-corrected chi connectivity index (χ1v) is 13.1. The molecule has 0 radical (unpaired) electrons. The van der Waals surface area contributed by atoms with Crippen molar-refractivity contribution in [3.63, 3.8) is 0 Å². The van der Waals surface area contributed by atoms with Crippen molar-refractivity contribution < 1.29 is 24.5 Å². The number of rotatable bonds is 2. The van der Waals surface area contributed by atoms with Gasteiger partial charge in [0.15, 0.2) is 0 Å². The second-order valence-electron chi connectivity index (χ2n) is 12.6. The van der Waals surface area contributed by atoms with Gasteiger partial charge >= 0.3 is 5.97 Å². The summed E-state index contributed by atoms with van der Waals surface area (Å²) in [5, 5.41) is 23.3. The number of ether oxygens (including phenoxy) is 1. The predicted molar refractivity (Wildman–Crippen MR) is 121 cm³/mol. The molecule has 0 aromatic rings. The molecule has 180 valence electrons. The first kappa shape index (κ1) is 22.8. The molecule has 0 amide bonds. The highest BCUT2D eigenvalue weighted by Gasteiger charge is 2.72. The molecule has 0 aliphatic heterocycles. The maximum absolute atomic E-state index is 13.2. The number of aliphatic hydroxyl groups excluding tert-OH is 1. The first-order chi connectivity index (χ1) is 15.0. The molecule has 0 bridgehead atoms. The van der Waals surface area contributed by atoms with Gasteiger partial charge in [-0.15, -0.1) is 0 Å². The summed E-state index contributed by atoms with van der Waals surface area (Å²) in [5.41, 5.74) is -1.78. The van der Waals surface area contributed by atoms with Crippen LogP contribution in [0.15, 0.2) is 0 Å². The largest absolute Gasteiger partial charge is 0.462 e. The lowest BCUT2D eigenvalue weighted by atomic mass is 9.41. The van der Waals surface area contributed by atoms with E-state index in [4.69, 9.17) is 4.74 Å². The van der Waals surface area contributed by atoms with E-state index in [1.165, 1.54) is 13.3 Å². The van der Waals surface area contributed by atoms with Crippen molar-refractivity contribution in [1.29, 1.82) is 0 Å². The summed E-state index contributed by atoms with van der Waals surface area (Å²) in [6.07, 6.45) is 9.06. The van der Waals surface area contributed by atoms with E-state index in [2.05, 4.69) is 13.8 Å². The van der Waals surface area contributed by atoms with E-state index in [1.807, 2.05) is 6.92 Å². The molecule has 10 atom stereocenters. The Balaban J connectivity index is 1.49. The lowest BCUT2D eigenvalue weighted by Crippen LogP contribution is -2.69. The zero-order chi connectivity index (χ0) is 23.1. The van der Waals surface area contributed by atoms with Gasteiger partial charge in [-0.2, -0.15) is 0 Å². The Morgan fingerprint density at radius 3 is 2.31 bits per heavy atom. The van der Waals surface area contributed by atoms with Crippen molar-refractivity contribution in [2.75, 3.05) is 0 Å². The summed E-state index contributed by atoms with van der Waals surface area (Å²) < 4.78 is 5.48. The van der Waals surface area contributed by atoms with Crippen LogP contribution >= 0.6 is 0 Å². The number of carbonyl (C=O) groups excluding carboxylic acids is 2. The topological polar surface area (TPSA) is 83.8 Å². The SMILES string of the molecule is CC(=O)O[C@@H]1CC[C@]2(C)[C@@H]3CC[C@]4(C)[C@H](C[C@@H]5CCCC[C@@]54C(C)=O)[C@@H]3C[C@@H](O)[C@@]2(O)C1.